The van der Waals surface area contributed by atoms with E-state index in [0.717, 1.165) is 5.56 Å². The quantitative estimate of drug-likeness (QED) is 0.443. The maximum absolute atomic E-state index is 12.0. The van der Waals surface area contributed by atoms with Crippen LogP contribution in [0.25, 0.3) is 0 Å². The van der Waals surface area contributed by atoms with Gasteiger partial charge < -0.3 is 20.4 Å². The van der Waals surface area contributed by atoms with E-state index in [4.69, 9.17) is 4.42 Å². The van der Waals surface area contributed by atoms with Crippen molar-refractivity contribution in [3.05, 3.63) is 88.4 Å². The maximum Gasteiger partial charge on any atom is 0.319 e. The van der Waals surface area contributed by atoms with Crippen LogP contribution in [0.1, 0.15) is 16.1 Å². The average molecular weight is 380 g/mol. The molecule has 0 aliphatic rings. The SMILES string of the molecule is O=C(NCc1ccc(NC(=O)c2ccco2)cc1)Nc1cccc([N+](=O)[O-])c1. The van der Waals surface area contributed by atoms with Gasteiger partial charge in [-0.15, -0.1) is 0 Å². The molecular weight excluding hydrogens is 364 g/mol. The van der Waals surface area contributed by atoms with E-state index in [1.165, 1.54) is 24.5 Å². The topological polar surface area (TPSA) is 127 Å². The first-order valence-corrected chi connectivity index (χ1v) is 8.24. The van der Waals surface area contributed by atoms with Gasteiger partial charge >= 0.3 is 6.03 Å². The number of rotatable bonds is 6. The van der Waals surface area contributed by atoms with E-state index < -0.39 is 11.0 Å². The summed E-state index contributed by atoms with van der Waals surface area (Å²) in [5, 5.41) is 18.6. The van der Waals surface area contributed by atoms with Crippen molar-refractivity contribution in [1.29, 1.82) is 0 Å². The van der Waals surface area contributed by atoms with Gasteiger partial charge in [0.05, 0.1) is 11.2 Å². The molecular formula is C19H16N4O5. The molecule has 3 amide bonds. The molecule has 0 saturated heterocycles. The van der Waals surface area contributed by atoms with Crippen LogP contribution in [-0.4, -0.2) is 16.9 Å². The Hall–Kier alpha value is -4.14. The second-order valence-electron chi connectivity index (χ2n) is 5.74. The van der Waals surface area contributed by atoms with Crippen LogP contribution in [0.5, 0.6) is 0 Å². The van der Waals surface area contributed by atoms with Gasteiger partial charge in [-0.25, -0.2) is 4.79 Å². The van der Waals surface area contributed by atoms with Crippen molar-refractivity contribution in [1.82, 2.24) is 5.32 Å². The summed E-state index contributed by atoms with van der Waals surface area (Å²) in [6.07, 6.45) is 1.42. The molecule has 0 saturated carbocycles. The molecule has 0 bridgehead atoms. The van der Waals surface area contributed by atoms with Crippen molar-refractivity contribution in [2.24, 2.45) is 0 Å². The fourth-order valence-corrected chi connectivity index (χ4v) is 2.36. The molecule has 2 aromatic carbocycles. The van der Waals surface area contributed by atoms with Crippen LogP contribution in [0.15, 0.2) is 71.3 Å². The van der Waals surface area contributed by atoms with Gasteiger partial charge in [-0.2, -0.15) is 0 Å². The number of amides is 3. The zero-order chi connectivity index (χ0) is 19.9. The zero-order valence-electron chi connectivity index (χ0n) is 14.5. The van der Waals surface area contributed by atoms with E-state index >= 15 is 0 Å². The summed E-state index contributed by atoms with van der Waals surface area (Å²) >= 11 is 0. The number of non-ortho nitro benzene ring substituents is 1. The number of hydrogen-bond donors (Lipinski definition) is 3. The van der Waals surface area contributed by atoms with Crippen LogP contribution in [0, 0.1) is 10.1 Å². The van der Waals surface area contributed by atoms with Crippen molar-refractivity contribution in [2.45, 2.75) is 6.54 Å². The largest absolute Gasteiger partial charge is 0.459 e. The number of anilines is 2. The van der Waals surface area contributed by atoms with Gasteiger partial charge in [0.2, 0.25) is 0 Å². The first-order valence-electron chi connectivity index (χ1n) is 8.24. The van der Waals surface area contributed by atoms with Crippen LogP contribution < -0.4 is 16.0 Å². The van der Waals surface area contributed by atoms with Crippen LogP contribution in [0.4, 0.5) is 21.9 Å². The third-order valence-corrected chi connectivity index (χ3v) is 3.72. The van der Waals surface area contributed by atoms with Gasteiger partial charge in [0.1, 0.15) is 0 Å². The normalized spacial score (nSPS) is 10.1. The number of carbonyl (C=O) groups is 2. The highest BCUT2D eigenvalue weighted by Gasteiger charge is 2.09. The summed E-state index contributed by atoms with van der Waals surface area (Å²) in [6.45, 7) is 0.243. The van der Waals surface area contributed by atoms with Gasteiger partial charge in [-0.1, -0.05) is 18.2 Å². The molecule has 0 unspecified atom stereocenters. The van der Waals surface area contributed by atoms with Gasteiger partial charge in [0, 0.05) is 30.1 Å². The molecule has 3 rings (SSSR count). The molecule has 9 heteroatoms. The van der Waals surface area contributed by atoms with Crippen LogP contribution in [0.2, 0.25) is 0 Å². The summed E-state index contributed by atoms with van der Waals surface area (Å²) in [6, 6.07) is 15.3. The molecule has 0 atom stereocenters. The second kappa shape index (κ2) is 8.49. The van der Waals surface area contributed by atoms with E-state index in [-0.39, 0.29) is 23.9 Å². The Morgan fingerprint density at radius 3 is 2.43 bits per heavy atom. The Kier molecular flexibility index (Phi) is 5.66. The lowest BCUT2D eigenvalue weighted by atomic mass is 10.2. The molecule has 0 aliphatic carbocycles. The van der Waals surface area contributed by atoms with Crippen molar-refractivity contribution < 1.29 is 18.9 Å². The van der Waals surface area contributed by atoms with Gasteiger partial charge in [0.25, 0.3) is 11.6 Å². The Morgan fingerprint density at radius 2 is 1.75 bits per heavy atom. The molecule has 142 valence electrons. The fourth-order valence-electron chi connectivity index (χ4n) is 2.36. The number of nitrogens with one attached hydrogen (secondary N) is 3. The van der Waals surface area contributed by atoms with Crippen LogP contribution in [0.3, 0.4) is 0 Å². The molecule has 0 aliphatic heterocycles. The first kappa shape index (κ1) is 18.6. The summed E-state index contributed by atoms with van der Waals surface area (Å²) < 4.78 is 5.02. The zero-order valence-corrected chi connectivity index (χ0v) is 14.5. The average Bonchev–Trinajstić information content (AvgIpc) is 3.23. The summed E-state index contributed by atoms with van der Waals surface area (Å²) in [5.41, 5.74) is 1.61. The molecule has 28 heavy (non-hydrogen) atoms. The third kappa shape index (κ3) is 4.94. The van der Waals surface area contributed by atoms with E-state index in [2.05, 4.69) is 16.0 Å². The molecule has 0 radical (unpaired) electrons. The molecule has 1 heterocycles. The minimum Gasteiger partial charge on any atom is -0.459 e. The highest BCUT2D eigenvalue weighted by atomic mass is 16.6. The monoisotopic (exact) mass is 380 g/mol. The minimum atomic E-state index is -0.532. The van der Waals surface area contributed by atoms with E-state index in [1.807, 2.05) is 0 Å². The molecule has 3 N–H and O–H groups in total. The maximum atomic E-state index is 12.0. The van der Waals surface area contributed by atoms with Crippen molar-refractivity contribution in [2.75, 3.05) is 10.6 Å². The number of nitro groups is 1. The lowest BCUT2D eigenvalue weighted by molar-refractivity contribution is -0.384. The number of carbonyl (C=O) groups excluding carboxylic acids is 2. The molecule has 0 fully saturated rings. The number of urea groups is 1. The minimum absolute atomic E-state index is 0.106. The van der Waals surface area contributed by atoms with E-state index in [1.54, 1.807) is 42.5 Å². The second-order valence-corrected chi connectivity index (χ2v) is 5.74. The van der Waals surface area contributed by atoms with Crippen molar-refractivity contribution in [3.63, 3.8) is 0 Å². The Bertz CT molecular complexity index is 984. The first-order chi connectivity index (χ1) is 13.5. The predicted octanol–water partition coefficient (Wildman–Crippen LogP) is 3.76. The van der Waals surface area contributed by atoms with Crippen molar-refractivity contribution in [3.8, 4) is 0 Å². The van der Waals surface area contributed by atoms with Crippen molar-refractivity contribution >= 4 is 29.0 Å². The molecule has 3 aromatic rings. The van der Waals surface area contributed by atoms with Gasteiger partial charge in [-0.05, 0) is 35.9 Å². The number of nitro benzene ring substituents is 1. The molecule has 9 nitrogen and oxygen atoms in total. The summed E-state index contributed by atoms with van der Waals surface area (Å²) in [7, 11) is 0. The van der Waals surface area contributed by atoms with Crippen LogP contribution in [-0.2, 0) is 6.54 Å². The lowest BCUT2D eigenvalue weighted by Gasteiger charge is -2.09. The van der Waals surface area contributed by atoms with Crippen LogP contribution >= 0.6 is 0 Å². The Balaban J connectivity index is 1.50. The Labute approximate surface area is 159 Å². The molecule has 0 spiro atoms. The highest BCUT2D eigenvalue weighted by Crippen LogP contribution is 2.17. The fraction of sp³-hybridized carbons (Fsp3) is 0.0526. The highest BCUT2D eigenvalue weighted by molar-refractivity contribution is 6.02. The van der Waals surface area contributed by atoms with E-state index in [0.29, 0.717) is 11.4 Å². The number of furan rings is 1. The molecule has 1 aromatic heterocycles. The summed E-state index contributed by atoms with van der Waals surface area (Å²) in [5.74, 6) is -0.143. The van der Waals surface area contributed by atoms with Gasteiger partial charge in [-0.3, -0.25) is 14.9 Å². The number of hydrogen-bond acceptors (Lipinski definition) is 5. The Morgan fingerprint density at radius 1 is 0.964 bits per heavy atom. The van der Waals surface area contributed by atoms with Gasteiger partial charge in [0.15, 0.2) is 5.76 Å². The lowest BCUT2D eigenvalue weighted by Crippen LogP contribution is -2.28. The number of nitrogens with zero attached hydrogens (tertiary/aromatic N) is 1. The predicted molar refractivity (Wildman–Crippen MR) is 102 cm³/mol. The smallest absolute Gasteiger partial charge is 0.319 e. The number of benzene rings is 2. The third-order valence-electron chi connectivity index (χ3n) is 3.72. The summed E-state index contributed by atoms with van der Waals surface area (Å²) in [4.78, 5) is 34.1. The standard InChI is InChI=1S/C19H16N4O5/c24-18(17-5-2-10-28-17)21-14-8-6-13(7-9-14)12-20-19(25)22-15-3-1-4-16(11-15)23(26)27/h1-11H,12H2,(H,21,24)(H2,20,22,25). The van der Waals surface area contributed by atoms with E-state index in [9.17, 15) is 19.7 Å².